The smallest absolute Gasteiger partial charge is 0.261 e. The number of fused-ring (bicyclic) bond motifs is 1. The van der Waals surface area contributed by atoms with Gasteiger partial charge in [0, 0.05) is 6.42 Å². The first-order chi connectivity index (χ1) is 10.0. The lowest BCUT2D eigenvalue weighted by atomic mass is 10.0. The summed E-state index contributed by atoms with van der Waals surface area (Å²) in [6, 6.07) is 4.50. The topological polar surface area (TPSA) is 86.7 Å². The zero-order valence-corrected chi connectivity index (χ0v) is 11.6. The molecule has 2 atom stereocenters. The lowest BCUT2D eigenvalue weighted by Gasteiger charge is -2.33. The van der Waals surface area contributed by atoms with Gasteiger partial charge in [-0.2, -0.15) is 0 Å². The number of rotatable bonds is 2. The van der Waals surface area contributed by atoms with Crippen molar-refractivity contribution in [3.63, 3.8) is 0 Å². The van der Waals surface area contributed by atoms with Gasteiger partial charge in [-0.05, 0) is 30.5 Å². The van der Waals surface area contributed by atoms with E-state index in [1.165, 1.54) is 0 Å². The Balaban J connectivity index is 1.94. The summed E-state index contributed by atoms with van der Waals surface area (Å²) >= 11 is 0. The molecule has 1 saturated heterocycles. The molecule has 3 rings (SSSR count). The first-order valence-electron chi connectivity index (χ1n) is 7.01. The summed E-state index contributed by atoms with van der Waals surface area (Å²) in [5, 5.41) is 12.3. The van der Waals surface area contributed by atoms with Crippen LogP contribution in [0.2, 0.25) is 0 Å². The molecule has 110 valence electrons. The van der Waals surface area contributed by atoms with Crippen LogP contribution in [-0.4, -0.2) is 40.0 Å². The number of piperidine rings is 1. The fourth-order valence-electron chi connectivity index (χ4n) is 2.87. The van der Waals surface area contributed by atoms with Crippen LogP contribution < -0.4 is 5.32 Å². The van der Waals surface area contributed by atoms with Gasteiger partial charge in [0.25, 0.3) is 11.8 Å². The van der Waals surface area contributed by atoms with Crippen molar-refractivity contribution in [2.75, 3.05) is 0 Å². The molecular weight excluding hydrogens is 272 g/mol. The summed E-state index contributed by atoms with van der Waals surface area (Å²) in [7, 11) is 0. The summed E-state index contributed by atoms with van der Waals surface area (Å²) in [6.07, 6.45) is 0.0322. The molecule has 1 aromatic rings. The van der Waals surface area contributed by atoms with Gasteiger partial charge in [-0.25, -0.2) is 0 Å². The monoisotopic (exact) mass is 288 g/mol. The fourth-order valence-corrected chi connectivity index (χ4v) is 2.87. The number of aliphatic hydroxyl groups is 1. The third kappa shape index (κ3) is 2.12. The number of aliphatic hydroxyl groups excluding tert-OH is 1. The van der Waals surface area contributed by atoms with Gasteiger partial charge in [0.15, 0.2) is 0 Å². The van der Waals surface area contributed by atoms with Crippen LogP contribution in [0.3, 0.4) is 0 Å². The summed E-state index contributed by atoms with van der Waals surface area (Å²) in [6.45, 7) is 1.97. The second-order valence-electron chi connectivity index (χ2n) is 5.33. The van der Waals surface area contributed by atoms with Crippen LogP contribution >= 0.6 is 0 Å². The van der Waals surface area contributed by atoms with Gasteiger partial charge in [-0.3, -0.25) is 19.3 Å². The molecule has 0 aliphatic carbocycles. The molecule has 2 heterocycles. The molecule has 6 nitrogen and oxygen atoms in total. The van der Waals surface area contributed by atoms with Crippen molar-refractivity contribution in [2.24, 2.45) is 0 Å². The Morgan fingerprint density at radius 2 is 1.95 bits per heavy atom. The van der Waals surface area contributed by atoms with Crippen molar-refractivity contribution in [1.82, 2.24) is 10.2 Å². The molecule has 0 saturated carbocycles. The Bertz CT molecular complexity index is 641. The van der Waals surface area contributed by atoms with Crippen molar-refractivity contribution in [2.45, 2.75) is 38.5 Å². The van der Waals surface area contributed by atoms with Gasteiger partial charge in [0.1, 0.15) is 6.23 Å². The van der Waals surface area contributed by atoms with Crippen LogP contribution in [0.25, 0.3) is 0 Å². The van der Waals surface area contributed by atoms with E-state index < -0.39 is 24.1 Å². The maximum Gasteiger partial charge on any atom is 0.261 e. The molecule has 2 aliphatic rings. The molecule has 0 aromatic heterocycles. The number of amides is 3. The molecule has 2 N–H and O–H groups in total. The number of aryl methyl sites for hydroxylation is 1. The van der Waals surface area contributed by atoms with E-state index in [1.54, 1.807) is 12.1 Å². The third-order valence-corrected chi connectivity index (χ3v) is 4.06. The predicted octanol–water partition coefficient (Wildman–Crippen LogP) is 0.442. The summed E-state index contributed by atoms with van der Waals surface area (Å²) < 4.78 is 0. The second-order valence-corrected chi connectivity index (χ2v) is 5.33. The van der Waals surface area contributed by atoms with E-state index in [0.717, 1.165) is 16.9 Å². The van der Waals surface area contributed by atoms with Crippen molar-refractivity contribution >= 4 is 17.7 Å². The molecule has 3 amide bonds. The summed E-state index contributed by atoms with van der Waals surface area (Å²) in [5.74, 6) is -1.08. The summed E-state index contributed by atoms with van der Waals surface area (Å²) in [5.41, 5.74) is 1.72. The van der Waals surface area contributed by atoms with Gasteiger partial charge in [0.05, 0.1) is 17.2 Å². The Morgan fingerprint density at radius 1 is 1.24 bits per heavy atom. The van der Waals surface area contributed by atoms with E-state index in [-0.39, 0.29) is 18.7 Å². The van der Waals surface area contributed by atoms with E-state index in [4.69, 9.17) is 0 Å². The highest BCUT2D eigenvalue weighted by Crippen LogP contribution is 2.29. The largest absolute Gasteiger partial charge is 0.372 e. The Kier molecular flexibility index (Phi) is 3.25. The van der Waals surface area contributed by atoms with Gasteiger partial charge in [-0.15, -0.1) is 0 Å². The number of imide groups is 1. The van der Waals surface area contributed by atoms with E-state index in [0.29, 0.717) is 11.1 Å². The van der Waals surface area contributed by atoms with Crippen LogP contribution in [0.1, 0.15) is 46.0 Å². The minimum Gasteiger partial charge on any atom is -0.372 e. The molecule has 1 aromatic carbocycles. The second kappa shape index (κ2) is 4.96. The maximum absolute atomic E-state index is 12.5. The van der Waals surface area contributed by atoms with E-state index >= 15 is 0 Å². The maximum atomic E-state index is 12.5. The molecule has 1 fully saturated rings. The molecule has 2 aliphatic heterocycles. The number of nitrogens with one attached hydrogen (secondary N) is 1. The van der Waals surface area contributed by atoms with Crippen molar-refractivity contribution in [1.29, 1.82) is 0 Å². The molecular formula is C15H16N2O4. The van der Waals surface area contributed by atoms with Crippen LogP contribution in [0, 0.1) is 0 Å². The SMILES string of the molecule is CCc1ccc2c(c1)C(=O)N(C1CCC(=O)NC1O)C2=O. The Morgan fingerprint density at radius 3 is 2.62 bits per heavy atom. The lowest BCUT2D eigenvalue weighted by molar-refractivity contribution is -0.129. The molecule has 0 bridgehead atoms. The van der Waals surface area contributed by atoms with Gasteiger partial charge in [0.2, 0.25) is 5.91 Å². The number of hydrogen-bond acceptors (Lipinski definition) is 4. The van der Waals surface area contributed by atoms with Gasteiger partial charge >= 0.3 is 0 Å². The minimum absolute atomic E-state index is 0.190. The van der Waals surface area contributed by atoms with Crippen molar-refractivity contribution < 1.29 is 19.5 Å². The minimum atomic E-state index is -1.21. The quantitative estimate of drug-likeness (QED) is 0.773. The number of carbonyl (C=O) groups excluding carboxylic acids is 3. The zero-order valence-electron chi connectivity index (χ0n) is 11.6. The van der Waals surface area contributed by atoms with Crippen LogP contribution in [0.15, 0.2) is 18.2 Å². The standard InChI is InChI=1S/C15H16N2O4/c1-2-8-3-4-9-10(7-8)15(21)17(14(9)20)11-5-6-12(18)16-13(11)19/h3-4,7,11,13,19H,2,5-6H2,1H3,(H,16,18). The zero-order chi connectivity index (χ0) is 15.1. The summed E-state index contributed by atoms with van der Waals surface area (Å²) in [4.78, 5) is 37.2. The molecule has 21 heavy (non-hydrogen) atoms. The fraction of sp³-hybridized carbons (Fsp3) is 0.400. The lowest BCUT2D eigenvalue weighted by Crippen LogP contribution is -2.57. The Labute approximate surface area is 121 Å². The molecule has 2 unspecified atom stereocenters. The first-order valence-corrected chi connectivity index (χ1v) is 7.01. The van der Waals surface area contributed by atoms with E-state index in [1.807, 2.05) is 13.0 Å². The Hall–Kier alpha value is -2.21. The van der Waals surface area contributed by atoms with Gasteiger partial charge in [-0.1, -0.05) is 13.0 Å². The highest BCUT2D eigenvalue weighted by Gasteiger charge is 2.44. The van der Waals surface area contributed by atoms with E-state index in [2.05, 4.69) is 5.32 Å². The van der Waals surface area contributed by atoms with Crippen molar-refractivity contribution in [3.8, 4) is 0 Å². The van der Waals surface area contributed by atoms with Crippen molar-refractivity contribution in [3.05, 3.63) is 34.9 Å². The predicted molar refractivity (Wildman–Crippen MR) is 73.5 cm³/mol. The highest BCUT2D eigenvalue weighted by atomic mass is 16.3. The molecule has 0 spiro atoms. The average molecular weight is 288 g/mol. The van der Waals surface area contributed by atoms with Gasteiger partial charge < -0.3 is 10.4 Å². The number of hydrogen-bond donors (Lipinski definition) is 2. The highest BCUT2D eigenvalue weighted by molar-refractivity contribution is 6.21. The van der Waals surface area contributed by atoms with Crippen LogP contribution in [0.5, 0.6) is 0 Å². The number of carbonyl (C=O) groups is 3. The van der Waals surface area contributed by atoms with Crippen LogP contribution in [-0.2, 0) is 11.2 Å². The first kappa shape index (κ1) is 13.8. The molecule has 6 heteroatoms. The van der Waals surface area contributed by atoms with Crippen LogP contribution in [0.4, 0.5) is 0 Å². The normalized spacial score (nSPS) is 25.0. The third-order valence-electron chi connectivity index (χ3n) is 4.06. The number of nitrogens with zero attached hydrogens (tertiary/aromatic N) is 1. The average Bonchev–Trinajstić information content (AvgIpc) is 2.71. The number of benzene rings is 1. The molecule has 0 radical (unpaired) electrons. The van der Waals surface area contributed by atoms with E-state index in [9.17, 15) is 19.5 Å².